The summed E-state index contributed by atoms with van der Waals surface area (Å²) >= 11 is 0. The number of hydrogen-bond acceptors (Lipinski definition) is 0. The third-order valence-electron chi connectivity index (χ3n) is 2.01. The van der Waals surface area contributed by atoms with Crippen molar-refractivity contribution in [2.24, 2.45) is 5.92 Å². The Kier molecular flexibility index (Phi) is 3.21. The number of allylic oxidation sites excluding steroid dienone is 6. The van der Waals surface area contributed by atoms with Crippen molar-refractivity contribution in [2.45, 2.75) is 19.3 Å². The summed E-state index contributed by atoms with van der Waals surface area (Å²) in [5, 5.41) is 0. The maximum atomic E-state index is 12.3. The van der Waals surface area contributed by atoms with Gasteiger partial charge in [-0.1, -0.05) is 23.8 Å². The predicted molar refractivity (Wildman–Crippen MR) is 46.6 cm³/mol. The first-order valence-corrected chi connectivity index (χ1v) is 4.33. The molecule has 6 heteroatoms. The van der Waals surface area contributed by atoms with Gasteiger partial charge < -0.3 is 0 Å². The van der Waals surface area contributed by atoms with E-state index in [1.165, 1.54) is 6.92 Å². The lowest BCUT2D eigenvalue weighted by atomic mass is 10.1. The second kappa shape index (κ2) is 3.99. The standard InChI is InChI=1S/C10H8F6/c1-6-4-7(9(11,12)13)2-3-8(5-6)10(14,15)16/h2-5,7H,1H3. The van der Waals surface area contributed by atoms with Gasteiger partial charge in [0.2, 0.25) is 0 Å². The Morgan fingerprint density at radius 2 is 1.62 bits per heavy atom. The molecule has 0 N–H and O–H groups in total. The second-order valence-corrected chi connectivity index (χ2v) is 3.43. The van der Waals surface area contributed by atoms with E-state index in [0.717, 1.165) is 6.08 Å². The van der Waals surface area contributed by atoms with Crippen molar-refractivity contribution in [1.82, 2.24) is 0 Å². The van der Waals surface area contributed by atoms with E-state index in [0.29, 0.717) is 18.2 Å². The van der Waals surface area contributed by atoms with Crippen LogP contribution in [0, 0.1) is 5.92 Å². The highest BCUT2D eigenvalue weighted by molar-refractivity contribution is 5.37. The van der Waals surface area contributed by atoms with Crippen LogP contribution in [0.25, 0.3) is 0 Å². The van der Waals surface area contributed by atoms with Gasteiger partial charge in [0.05, 0.1) is 11.5 Å². The van der Waals surface area contributed by atoms with Gasteiger partial charge in [-0.25, -0.2) is 0 Å². The SMILES string of the molecule is CC1=CC(C(F)(F)F)C=CC(C(F)(F)F)=C1. The molecule has 0 amide bonds. The molecular weight excluding hydrogens is 234 g/mol. The average Bonchev–Trinajstić information content (AvgIpc) is 2.24. The monoisotopic (exact) mass is 242 g/mol. The summed E-state index contributed by atoms with van der Waals surface area (Å²) in [6.45, 7) is 1.21. The topological polar surface area (TPSA) is 0 Å². The van der Waals surface area contributed by atoms with Crippen molar-refractivity contribution in [3.63, 3.8) is 0 Å². The van der Waals surface area contributed by atoms with Crippen LogP contribution in [-0.4, -0.2) is 12.4 Å². The Morgan fingerprint density at radius 3 is 2.06 bits per heavy atom. The van der Waals surface area contributed by atoms with Gasteiger partial charge in [-0.2, -0.15) is 26.3 Å². The molecule has 0 spiro atoms. The van der Waals surface area contributed by atoms with Gasteiger partial charge in [-0.3, -0.25) is 0 Å². The molecular formula is C10H8F6. The van der Waals surface area contributed by atoms with Gasteiger partial charge in [0.1, 0.15) is 0 Å². The summed E-state index contributed by atoms with van der Waals surface area (Å²) < 4.78 is 73.8. The van der Waals surface area contributed by atoms with Gasteiger partial charge >= 0.3 is 12.4 Å². The highest BCUT2D eigenvalue weighted by Gasteiger charge is 2.38. The summed E-state index contributed by atoms with van der Waals surface area (Å²) in [6.07, 6.45) is -6.77. The zero-order chi connectivity index (χ0) is 12.6. The largest absolute Gasteiger partial charge is 0.416 e. The predicted octanol–water partition coefficient (Wildman–Crippen LogP) is 4.17. The van der Waals surface area contributed by atoms with Crippen molar-refractivity contribution < 1.29 is 26.3 Å². The Hall–Kier alpha value is -1.20. The Labute approximate surface area is 87.9 Å². The molecule has 16 heavy (non-hydrogen) atoms. The molecule has 1 unspecified atom stereocenters. The molecule has 1 aliphatic carbocycles. The van der Waals surface area contributed by atoms with Gasteiger partial charge in [-0.05, 0) is 13.0 Å². The van der Waals surface area contributed by atoms with E-state index in [9.17, 15) is 26.3 Å². The first kappa shape index (κ1) is 12.9. The molecule has 0 saturated carbocycles. The zero-order valence-corrected chi connectivity index (χ0v) is 8.15. The fourth-order valence-electron chi connectivity index (χ4n) is 1.27. The maximum Gasteiger partial charge on any atom is 0.416 e. The van der Waals surface area contributed by atoms with E-state index >= 15 is 0 Å². The summed E-state index contributed by atoms with van der Waals surface area (Å²) in [6, 6.07) is 0. The van der Waals surface area contributed by atoms with Crippen molar-refractivity contribution in [2.75, 3.05) is 0 Å². The molecule has 0 fully saturated rings. The van der Waals surface area contributed by atoms with Crippen LogP contribution in [0.15, 0.2) is 35.5 Å². The normalized spacial score (nSPS) is 22.6. The molecule has 0 aromatic heterocycles. The van der Waals surface area contributed by atoms with E-state index in [-0.39, 0.29) is 5.57 Å². The first-order chi connectivity index (χ1) is 7.10. The number of hydrogen-bond donors (Lipinski definition) is 0. The smallest absolute Gasteiger partial charge is 0.170 e. The number of rotatable bonds is 0. The maximum absolute atomic E-state index is 12.3. The Morgan fingerprint density at radius 1 is 1.06 bits per heavy atom. The van der Waals surface area contributed by atoms with Gasteiger partial charge in [0.25, 0.3) is 0 Å². The molecule has 90 valence electrons. The molecule has 1 rings (SSSR count). The van der Waals surface area contributed by atoms with Crippen LogP contribution < -0.4 is 0 Å². The van der Waals surface area contributed by atoms with Gasteiger partial charge in [-0.15, -0.1) is 0 Å². The van der Waals surface area contributed by atoms with E-state index < -0.39 is 23.8 Å². The minimum Gasteiger partial charge on any atom is -0.170 e. The molecule has 0 aliphatic heterocycles. The lowest BCUT2D eigenvalue weighted by Gasteiger charge is -2.12. The highest BCUT2D eigenvalue weighted by Crippen LogP contribution is 2.35. The molecule has 0 bridgehead atoms. The van der Waals surface area contributed by atoms with Gasteiger partial charge in [0.15, 0.2) is 0 Å². The van der Waals surface area contributed by atoms with Crippen molar-refractivity contribution >= 4 is 0 Å². The van der Waals surface area contributed by atoms with E-state index in [1.54, 1.807) is 0 Å². The molecule has 1 aliphatic rings. The fourth-order valence-corrected chi connectivity index (χ4v) is 1.27. The fraction of sp³-hybridized carbons (Fsp3) is 0.400. The van der Waals surface area contributed by atoms with Crippen LogP contribution in [0.5, 0.6) is 0 Å². The van der Waals surface area contributed by atoms with Crippen molar-refractivity contribution in [3.05, 3.63) is 35.5 Å². The van der Waals surface area contributed by atoms with E-state index in [1.807, 2.05) is 0 Å². The van der Waals surface area contributed by atoms with Crippen molar-refractivity contribution in [3.8, 4) is 0 Å². The summed E-state index contributed by atoms with van der Waals surface area (Å²) in [7, 11) is 0. The van der Waals surface area contributed by atoms with Crippen LogP contribution in [0.4, 0.5) is 26.3 Å². The second-order valence-electron chi connectivity index (χ2n) is 3.43. The first-order valence-electron chi connectivity index (χ1n) is 4.33. The molecule has 0 heterocycles. The molecule has 0 aromatic carbocycles. The molecule has 1 atom stereocenters. The highest BCUT2D eigenvalue weighted by atomic mass is 19.4. The Bertz CT molecular complexity index is 352. The molecule has 0 nitrogen and oxygen atoms in total. The minimum absolute atomic E-state index is 0.0559. The summed E-state index contributed by atoms with van der Waals surface area (Å²) in [5.74, 6) is -1.97. The average molecular weight is 242 g/mol. The van der Waals surface area contributed by atoms with Crippen LogP contribution in [0.2, 0.25) is 0 Å². The lowest BCUT2D eigenvalue weighted by molar-refractivity contribution is -0.149. The minimum atomic E-state index is -4.63. The Balaban J connectivity index is 3.07. The third-order valence-corrected chi connectivity index (χ3v) is 2.01. The number of alkyl halides is 6. The quantitative estimate of drug-likeness (QED) is 0.559. The van der Waals surface area contributed by atoms with Crippen LogP contribution in [0.1, 0.15) is 6.92 Å². The molecule has 0 radical (unpaired) electrons. The lowest BCUT2D eigenvalue weighted by Crippen LogP contribution is -2.19. The summed E-state index contributed by atoms with van der Waals surface area (Å²) in [5.41, 5.74) is -1.13. The van der Waals surface area contributed by atoms with E-state index in [2.05, 4.69) is 0 Å². The van der Waals surface area contributed by atoms with Crippen LogP contribution in [0.3, 0.4) is 0 Å². The molecule has 0 saturated heterocycles. The van der Waals surface area contributed by atoms with Crippen LogP contribution in [-0.2, 0) is 0 Å². The number of halogens is 6. The van der Waals surface area contributed by atoms with E-state index in [4.69, 9.17) is 0 Å². The third kappa shape index (κ3) is 3.15. The summed E-state index contributed by atoms with van der Waals surface area (Å²) in [4.78, 5) is 0. The van der Waals surface area contributed by atoms with Gasteiger partial charge in [0, 0.05) is 0 Å². The van der Waals surface area contributed by atoms with Crippen LogP contribution >= 0.6 is 0 Å². The molecule has 0 aromatic rings. The zero-order valence-electron chi connectivity index (χ0n) is 8.15. The van der Waals surface area contributed by atoms with Crippen molar-refractivity contribution in [1.29, 1.82) is 0 Å².